The van der Waals surface area contributed by atoms with Gasteiger partial charge >= 0.3 is 0 Å². The van der Waals surface area contributed by atoms with E-state index >= 15 is 0 Å². The van der Waals surface area contributed by atoms with Crippen molar-refractivity contribution in [1.29, 1.82) is 0 Å². The molecule has 98 valence electrons. The first-order valence-corrected chi connectivity index (χ1v) is 6.70. The van der Waals surface area contributed by atoms with Crippen LogP contribution >= 0.6 is 0 Å². The van der Waals surface area contributed by atoms with Gasteiger partial charge in [-0.2, -0.15) is 0 Å². The van der Waals surface area contributed by atoms with Crippen molar-refractivity contribution in [3.8, 4) is 0 Å². The topological polar surface area (TPSA) is 47.6 Å². The minimum absolute atomic E-state index is 0.224. The van der Waals surface area contributed by atoms with Crippen molar-refractivity contribution in [2.24, 2.45) is 17.8 Å². The van der Waals surface area contributed by atoms with Crippen LogP contribution in [-0.2, 0) is 14.3 Å². The van der Waals surface area contributed by atoms with E-state index < -0.39 is 0 Å². The van der Waals surface area contributed by atoms with Gasteiger partial charge in [-0.05, 0) is 25.2 Å². The first-order valence-electron chi connectivity index (χ1n) is 6.70. The van der Waals surface area contributed by atoms with E-state index in [9.17, 15) is 4.79 Å². The second-order valence-corrected chi connectivity index (χ2v) is 5.27. The molecule has 1 saturated heterocycles. The maximum Gasteiger partial charge on any atom is 0.223 e. The molecular weight excluding hydrogens is 218 g/mol. The summed E-state index contributed by atoms with van der Waals surface area (Å²) in [5.41, 5.74) is 0. The zero-order valence-electron chi connectivity index (χ0n) is 10.6. The molecule has 1 N–H and O–H groups in total. The predicted molar refractivity (Wildman–Crippen MR) is 64.6 cm³/mol. The van der Waals surface area contributed by atoms with Gasteiger partial charge in [0.25, 0.3) is 0 Å². The number of ether oxygens (including phenoxy) is 2. The summed E-state index contributed by atoms with van der Waals surface area (Å²) in [6, 6.07) is 0. The Morgan fingerprint density at radius 2 is 2.35 bits per heavy atom. The van der Waals surface area contributed by atoms with Crippen molar-refractivity contribution in [2.45, 2.75) is 26.2 Å². The summed E-state index contributed by atoms with van der Waals surface area (Å²) >= 11 is 0. The number of carbonyl (C=O) groups is 1. The maximum absolute atomic E-state index is 11.5. The Bertz CT molecular complexity index is 251. The van der Waals surface area contributed by atoms with Gasteiger partial charge in [0.2, 0.25) is 5.91 Å². The molecule has 2 fully saturated rings. The first-order chi connectivity index (χ1) is 8.27. The lowest BCUT2D eigenvalue weighted by Gasteiger charge is -2.09. The molecule has 1 heterocycles. The van der Waals surface area contributed by atoms with E-state index in [2.05, 4.69) is 12.2 Å². The summed E-state index contributed by atoms with van der Waals surface area (Å²) in [5, 5.41) is 2.96. The van der Waals surface area contributed by atoms with Gasteiger partial charge in [-0.3, -0.25) is 4.79 Å². The van der Waals surface area contributed by atoms with E-state index in [-0.39, 0.29) is 11.8 Å². The van der Waals surface area contributed by atoms with Gasteiger partial charge in [0.1, 0.15) is 0 Å². The Morgan fingerprint density at radius 1 is 1.53 bits per heavy atom. The number of rotatable bonds is 7. The van der Waals surface area contributed by atoms with Gasteiger partial charge in [-0.25, -0.2) is 0 Å². The Morgan fingerprint density at radius 3 is 3.00 bits per heavy atom. The Labute approximate surface area is 103 Å². The van der Waals surface area contributed by atoms with Crippen molar-refractivity contribution in [3.05, 3.63) is 0 Å². The molecule has 1 aliphatic carbocycles. The van der Waals surface area contributed by atoms with Crippen molar-refractivity contribution in [1.82, 2.24) is 5.32 Å². The van der Waals surface area contributed by atoms with Crippen molar-refractivity contribution in [3.63, 3.8) is 0 Å². The second kappa shape index (κ2) is 6.36. The number of carbonyl (C=O) groups excluding carboxylic acids is 1. The van der Waals surface area contributed by atoms with E-state index in [1.165, 1.54) is 0 Å². The van der Waals surface area contributed by atoms with Crippen LogP contribution in [0.4, 0.5) is 0 Å². The number of nitrogens with one attached hydrogen (secondary N) is 1. The number of hydrogen-bond donors (Lipinski definition) is 1. The van der Waals surface area contributed by atoms with Crippen LogP contribution in [0.25, 0.3) is 0 Å². The molecule has 4 nitrogen and oxygen atoms in total. The summed E-state index contributed by atoms with van der Waals surface area (Å²) in [7, 11) is 0. The summed E-state index contributed by atoms with van der Waals surface area (Å²) < 4.78 is 10.8. The fourth-order valence-electron chi connectivity index (χ4n) is 2.17. The SMILES string of the molecule is CC1CC1C(=O)NCCCOCC1CCOC1. The van der Waals surface area contributed by atoms with Crippen LogP contribution in [0.1, 0.15) is 26.2 Å². The highest BCUT2D eigenvalue weighted by Crippen LogP contribution is 2.37. The van der Waals surface area contributed by atoms with Crippen molar-refractivity contribution in [2.75, 3.05) is 33.0 Å². The quantitative estimate of drug-likeness (QED) is 0.681. The molecule has 0 spiro atoms. The van der Waals surface area contributed by atoms with Gasteiger partial charge in [-0.1, -0.05) is 6.92 Å². The number of amides is 1. The van der Waals surface area contributed by atoms with E-state index in [0.29, 0.717) is 11.8 Å². The highest BCUT2D eigenvalue weighted by Gasteiger charge is 2.38. The highest BCUT2D eigenvalue weighted by molar-refractivity contribution is 5.81. The lowest BCUT2D eigenvalue weighted by atomic mass is 10.1. The minimum Gasteiger partial charge on any atom is -0.381 e. The van der Waals surface area contributed by atoms with Crippen molar-refractivity contribution >= 4 is 5.91 Å². The largest absolute Gasteiger partial charge is 0.381 e. The molecule has 2 rings (SSSR count). The van der Waals surface area contributed by atoms with Crippen LogP contribution in [0.15, 0.2) is 0 Å². The van der Waals surface area contributed by atoms with Gasteiger partial charge in [-0.15, -0.1) is 0 Å². The summed E-state index contributed by atoms with van der Waals surface area (Å²) in [4.78, 5) is 11.5. The molecule has 0 radical (unpaired) electrons. The standard InChI is InChI=1S/C13H23NO3/c1-10-7-12(10)13(15)14-4-2-5-16-8-11-3-6-17-9-11/h10-12H,2-9H2,1H3,(H,14,15). The second-order valence-electron chi connectivity index (χ2n) is 5.27. The molecule has 0 aromatic heterocycles. The third-order valence-corrected chi connectivity index (χ3v) is 3.59. The molecule has 0 bridgehead atoms. The molecule has 1 saturated carbocycles. The van der Waals surface area contributed by atoms with Gasteiger partial charge < -0.3 is 14.8 Å². The summed E-state index contributed by atoms with van der Waals surface area (Å²) in [6.45, 7) is 6.12. The fourth-order valence-corrected chi connectivity index (χ4v) is 2.17. The molecule has 3 atom stereocenters. The molecule has 2 aliphatic rings. The Kier molecular flexibility index (Phi) is 4.80. The van der Waals surface area contributed by atoms with E-state index in [1.807, 2.05) is 0 Å². The van der Waals surface area contributed by atoms with Gasteiger partial charge in [0, 0.05) is 31.6 Å². The third kappa shape index (κ3) is 4.28. The Balaban J connectivity index is 1.40. The summed E-state index contributed by atoms with van der Waals surface area (Å²) in [6.07, 6.45) is 3.08. The smallest absolute Gasteiger partial charge is 0.223 e. The molecule has 1 aliphatic heterocycles. The van der Waals surface area contributed by atoms with Crippen LogP contribution in [-0.4, -0.2) is 38.9 Å². The molecule has 17 heavy (non-hydrogen) atoms. The van der Waals surface area contributed by atoms with E-state index in [0.717, 1.165) is 52.2 Å². The zero-order chi connectivity index (χ0) is 12.1. The molecule has 3 unspecified atom stereocenters. The summed E-state index contributed by atoms with van der Waals surface area (Å²) in [5.74, 6) is 1.68. The average Bonchev–Trinajstić information content (AvgIpc) is 2.84. The highest BCUT2D eigenvalue weighted by atomic mass is 16.5. The number of hydrogen-bond acceptors (Lipinski definition) is 3. The van der Waals surface area contributed by atoms with E-state index in [1.54, 1.807) is 0 Å². The Hall–Kier alpha value is -0.610. The molecular formula is C13H23NO3. The normalized spacial score (nSPS) is 31.5. The van der Waals surface area contributed by atoms with Crippen LogP contribution in [0.5, 0.6) is 0 Å². The van der Waals surface area contributed by atoms with Gasteiger partial charge in [0.15, 0.2) is 0 Å². The third-order valence-electron chi connectivity index (χ3n) is 3.59. The van der Waals surface area contributed by atoms with Crippen LogP contribution in [0.2, 0.25) is 0 Å². The van der Waals surface area contributed by atoms with E-state index in [4.69, 9.17) is 9.47 Å². The van der Waals surface area contributed by atoms with Gasteiger partial charge in [0.05, 0.1) is 13.2 Å². The predicted octanol–water partition coefficient (Wildman–Crippen LogP) is 1.20. The molecule has 0 aromatic rings. The molecule has 4 heteroatoms. The average molecular weight is 241 g/mol. The zero-order valence-corrected chi connectivity index (χ0v) is 10.6. The maximum atomic E-state index is 11.5. The lowest BCUT2D eigenvalue weighted by molar-refractivity contribution is -0.122. The monoisotopic (exact) mass is 241 g/mol. The first kappa shape index (κ1) is 12.8. The molecule has 0 aromatic carbocycles. The lowest BCUT2D eigenvalue weighted by Crippen LogP contribution is -2.27. The molecule has 1 amide bonds. The van der Waals surface area contributed by atoms with Crippen molar-refractivity contribution < 1.29 is 14.3 Å². The van der Waals surface area contributed by atoms with Crippen LogP contribution < -0.4 is 5.32 Å². The van der Waals surface area contributed by atoms with Crippen LogP contribution in [0.3, 0.4) is 0 Å². The minimum atomic E-state index is 0.224. The fraction of sp³-hybridized carbons (Fsp3) is 0.923. The van der Waals surface area contributed by atoms with Crippen LogP contribution in [0, 0.1) is 17.8 Å².